The summed E-state index contributed by atoms with van der Waals surface area (Å²) in [6.07, 6.45) is -3.55. The van der Waals surface area contributed by atoms with E-state index in [1.54, 1.807) is 6.07 Å². The molecule has 1 aliphatic heterocycles. The first kappa shape index (κ1) is 15.9. The molecule has 1 fully saturated rings. The fourth-order valence-electron chi connectivity index (χ4n) is 2.29. The molecule has 21 heavy (non-hydrogen) atoms. The Balaban J connectivity index is 1.89. The maximum Gasteiger partial charge on any atom is 0.573 e. The molecule has 7 heteroatoms. The highest BCUT2D eigenvalue weighted by Crippen LogP contribution is 2.34. The minimum Gasteiger partial charge on any atom is -0.504 e. The van der Waals surface area contributed by atoms with Crippen LogP contribution in [0.5, 0.6) is 11.5 Å². The summed E-state index contributed by atoms with van der Waals surface area (Å²) in [5.41, 5.74) is 0.463. The van der Waals surface area contributed by atoms with Gasteiger partial charge in [0, 0.05) is 13.1 Å². The van der Waals surface area contributed by atoms with Crippen LogP contribution in [-0.4, -0.2) is 49.2 Å². The summed E-state index contributed by atoms with van der Waals surface area (Å²) in [4.78, 5) is 2.23. The second-order valence-corrected chi connectivity index (χ2v) is 4.87. The third kappa shape index (κ3) is 5.09. The number of benzene rings is 1. The average Bonchev–Trinajstić information content (AvgIpc) is 2.43. The maximum atomic E-state index is 12.2. The Kier molecular flexibility index (Phi) is 5.30. The van der Waals surface area contributed by atoms with Gasteiger partial charge in [0.25, 0.3) is 0 Å². The van der Waals surface area contributed by atoms with Gasteiger partial charge in [-0.2, -0.15) is 0 Å². The van der Waals surface area contributed by atoms with E-state index in [1.807, 2.05) is 0 Å². The number of hydrogen-bond donors (Lipinski definition) is 1. The molecule has 0 aliphatic carbocycles. The third-order valence-corrected chi connectivity index (χ3v) is 3.33. The van der Waals surface area contributed by atoms with Crippen LogP contribution in [0.4, 0.5) is 13.2 Å². The van der Waals surface area contributed by atoms with Crippen LogP contribution in [0.15, 0.2) is 18.2 Å². The fourth-order valence-corrected chi connectivity index (χ4v) is 2.29. The Morgan fingerprint density at radius 1 is 1.24 bits per heavy atom. The van der Waals surface area contributed by atoms with Gasteiger partial charge in [0.2, 0.25) is 0 Å². The summed E-state index contributed by atoms with van der Waals surface area (Å²) in [5.74, 6) is -0.983. The lowest BCUT2D eigenvalue weighted by atomic mass is 10.1. The molecule has 4 nitrogen and oxygen atoms in total. The number of rotatable bonds is 5. The van der Waals surface area contributed by atoms with Crippen molar-refractivity contribution in [3.63, 3.8) is 0 Å². The molecule has 0 radical (unpaired) electrons. The fraction of sp³-hybridized carbons (Fsp3) is 0.571. The molecule has 2 rings (SSSR count). The number of phenolic OH excluding ortho intramolecular Hbond substituents is 1. The van der Waals surface area contributed by atoms with Crippen LogP contribution in [0.1, 0.15) is 12.0 Å². The van der Waals surface area contributed by atoms with Crippen LogP contribution in [0.2, 0.25) is 0 Å². The molecule has 1 N–H and O–H groups in total. The number of alkyl halides is 3. The molecule has 1 saturated heterocycles. The average molecular weight is 305 g/mol. The quantitative estimate of drug-likeness (QED) is 0.908. The SMILES string of the molecule is Oc1c(CCCN2CCOCC2)cccc1OC(F)(F)F. The lowest BCUT2D eigenvalue weighted by Crippen LogP contribution is -2.36. The van der Waals surface area contributed by atoms with Crippen LogP contribution in [0, 0.1) is 0 Å². The molecular weight excluding hydrogens is 287 g/mol. The second-order valence-electron chi connectivity index (χ2n) is 4.87. The predicted molar refractivity (Wildman–Crippen MR) is 70.4 cm³/mol. The first-order chi connectivity index (χ1) is 9.96. The zero-order valence-corrected chi connectivity index (χ0v) is 11.5. The summed E-state index contributed by atoms with van der Waals surface area (Å²) in [6.45, 7) is 3.97. The minimum absolute atomic E-state index is 0.434. The van der Waals surface area contributed by atoms with Gasteiger partial charge in [0.1, 0.15) is 0 Å². The van der Waals surface area contributed by atoms with Gasteiger partial charge in [0.05, 0.1) is 13.2 Å². The monoisotopic (exact) mass is 305 g/mol. The standard InChI is InChI=1S/C14H18F3NO3/c15-14(16,17)21-12-5-1-3-11(13(12)19)4-2-6-18-7-9-20-10-8-18/h1,3,5,19H,2,4,6-10H2. The zero-order chi connectivity index (χ0) is 15.3. The number of morpholine rings is 1. The van der Waals surface area contributed by atoms with Gasteiger partial charge in [0.15, 0.2) is 11.5 Å². The zero-order valence-electron chi connectivity index (χ0n) is 11.5. The lowest BCUT2D eigenvalue weighted by Gasteiger charge is -2.26. The van der Waals surface area contributed by atoms with Crippen LogP contribution in [-0.2, 0) is 11.2 Å². The van der Waals surface area contributed by atoms with Crippen molar-refractivity contribution in [3.05, 3.63) is 23.8 Å². The van der Waals surface area contributed by atoms with Crippen molar-refractivity contribution in [3.8, 4) is 11.5 Å². The molecule has 0 spiro atoms. The second kappa shape index (κ2) is 7.00. The smallest absolute Gasteiger partial charge is 0.504 e. The Morgan fingerprint density at radius 3 is 2.62 bits per heavy atom. The Labute approximate surface area is 121 Å². The first-order valence-corrected chi connectivity index (χ1v) is 6.82. The summed E-state index contributed by atoms with van der Waals surface area (Å²) in [7, 11) is 0. The first-order valence-electron chi connectivity index (χ1n) is 6.82. The summed E-state index contributed by atoms with van der Waals surface area (Å²) in [6, 6.07) is 4.16. The van der Waals surface area contributed by atoms with Crippen molar-refractivity contribution in [2.75, 3.05) is 32.8 Å². The van der Waals surface area contributed by atoms with Crippen molar-refractivity contribution >= 4 is 0 Å². The minimum atomic E-state index is -4.80. The largest absolute Gasteiger partial charge is 0.573 e. The van der Waals surface area contributed by atoms with Crippen LogP contribution in [0.25, 0.3) is 0 Å². The normalized spacial score (nSPS) is 16.9. The van der Waals surface area contributed by atoms with E-state index in [4.69, 9.17) is 4.74 Å². The summed E-state index contributed by atoms with van der Waals surface area (Å²) < 4.78 is 45.6. The number of aryl methyl sites for hydroxylation is 1. The molecule has 1 aromatic rings. The van der Waals surface area contributed by atoms with Crippen molar-refractivity contribution in [1.29, 1.82) is 0 Å². The van der Waals surface area contributed by atoms with Crippen LogP contribution >= 0.6 is 0 Å². The van der Waals surface area contributed by atoms with Gasteiger partial charge in [-0.15, -0.1) is 13.2 Å². The number of para-hydroxylation sites is 1. The van der Waals surface area contributed by atoms with Gasteiger partial charge < -0.3 is 14.6 Å². The van der Waals surface area contributed by atoms with E-state index in [-0.39, 0.29) is 0 Å². The van der Waals surface area contributed by atoms with E-state index in [2.05, 4.69) is 9.64 Å². The summed E-state index contributed by atoms with van der Waals surface area (Å²) >= 11 is 0. The highest BCUT2D eigenvalue weighted by atomic mass is 19.4. The molecule has 1 aliphatic rings. The molecule has 0 bridgehead atoms. The molecule has 1 aromatic carbocycles. The molecule has 0 atom stereocenters. The number of aromatic hydroxyl groups is 1. The van der Waals surface area contributed by atoms with Gasteiger partial charge >= 0.3 is 6.36 Å². The molecule has 0 aromatic heterocycles. The third-order valence-electron chi connectivity index (χ3n) is 3.33. The highest BCUT2D eigenvalue weighted by Gasteiger charge is 2.32. The van der Waals surface area contributed by atoms with E-state index in [0.29, 0.717) is 25.2 Å². The number of hydrogen-bond acceptors (Lipinski definition) is 4. The number of phenols is 1. The van der Waals surface area contributed by atoms with E-state index in [1.165, 1.54) is 6.07 Å². The number of ether oxygens (including phenoxy) is 2. The van der Waals surface area contributed by atoms with E-state index >= 15 is 0 Å². The van der Waals surface area contributed by atoms with E-state index < -0.39 is 17.9 Å². The van der Waals surface area contributed by atoms with Crippen molar-refractivity contribution < 1.29 is 27.8 Å². The van der Waals surface area contributed by atoms with Crippen molar-refractivity contribution in [2.45, 2.75) is 19.2 Å². The van der Waals surface area contributed by atoms with Crippen molar-refractivity contribution in [2.24, 2.45) is 0 Å². The molecule has 0 amide bonds. The Morgan fingerprint density at radius 2 is 1.95 bits per heavy atom. The van der Waals surface area contributed by atoms with Crippen LogP contribution < -0.4 is 4.74 Å². The molecular formula is C14H18F3NO3. The molecule has 0 unspecified atom stereocenters. The van der Waals surface area contributed by atoms with Crippen molar-refractivity contribution in [1.82, 2.24) is 4.90 Å². The van der Waals surface area contributed by atoms with E-state index in [9.17, 15) is 18.3 Å². The topological polar surface area (TPSA) is 41.9 Å². The predicted octanol–water partition coefficient (Wildman–Crippen LogP) is 2.56. The molecule has 1 heterocycles. The van der Waals surface area contributed by atoms with Gasteiger partial charge in [-0.1, -0.05) is 12.1 Å². The van der Waals surface area contributed by atoms with E-state index in [0.717, 1.165) is 32.1 Å². The van der Waals surface area contributed by atoms with Crippen LogP contribution in [0.3, 0.4) is 0 Å². The van der Waals surface area contributed by atoms with Gasteiger partial charge in [-0.3, -0.25) is 4.90 Å². The maximum absolute atomic E-state index is 12.2. The van der Waals surface area contributed by atoms with Gasteiger partial charge in [-0.25, -0.2) is 0 Å². The Bertz CT molecular complexity index is 459. The van der Waals surface area contributed by atoms with Gasteiger partial charge in [-0.05, 0) is 31.0 Å². The molecule has 0 saturated carbocycles. The molecule has 118 valence electrons. The number of halogens is 3. The summed E-state index contributed by atoms with van der Waals surface area (Å²) in [5, 5.41) is 9.83. The Hall–Kier alpha value is -1.47. The highest BCUT2D eigenvalue weighted by molar-refractivity contribution is 5.45. The lowest BCUT2D eigenvalue weighted by molar-refractivity contribution is -0.275. The number of nitrogens with zero attached hydrogens (tertiary/aromatic N) is 1.